The topological polar surface area (TPSA) is 48.3 Å². The molecule has 0 spiro atoms. The Kier molecular flexibility index (Phi) is 4.60. The number of halogens is 1. The zero-order chi connectivity index (χ0) is 16.6. The molecular formula is C17H18ClNO3S. The van der Waals surface area contributed by atoms with Gasteiger partial charge in [0.2, 0.25) is 5.78 Å². The van der Waals surface area contributed by atoms with E-state index in [1.807, 2.05) is 24.5 Å². The van der Waals surface area contributed by atoms with E-state index >= 15 is 0 Å². The van der Waals surface area contributed by atoms with Crippen molar-refractivity contribution in [1.29, 1.82) is 0 Å². The molecule has 0 bridgehead atoms. The van der Waals surface area contributed by atoms with Gasteiger partial charge in [0.25, 0.3) is 0 Å². The Balaban J connectivity index is 1.91. The Morgan fingerprint density at radius 1 is 1.39 bits per heavy atom. The molecule has 2 aromatic rings. The summed E-state index contributed by atoms with van der Waals surface area (Å²) in [6, 6.07) is 5.35. The van der Waals surface area contributed by atoms with Gasteiger partial charge in [0.15, 0.2) is 0 Å². The quantitative estimate of drug-likeness (QED) is 0.610. The molecule has 4 nitrogen and oxygen atoms in total. The molecule has 2 aromatic heterocycles. The van der Waals surface area contributed by atoms with Crippen LogP contribution in [0.5, 0.6) is 0 Å². The number of thiophene rings is 1. The molecule has 122 valence electrons. The van der Waals surface area contributed by atoms with Crippen LogP contribution in [-0.4, -0.2) is 22.4 Å². The lowest BCUT2D eigenvalue weighted by molar-refractivity contribution is -0.149. The van der Waals surface area contributed by atoms with Crippen molar-refractivity contribution in [2.45, 2.75) is 45.3 Å². The minimum atomic E-state index is -0.292. The van der Waals surface area contributed by atoms with Crippen LogP contribution in [-0.2, 0) is 16.1 Å². The first-order valence-electron chi connectivity index (χ1n) is 7.66. The number of carbonyl (C=O) groups excluding carboxylic acids is 2. The highest BCUT2D eigenvalue weighted by molar-refractivity contribution is 7.12. The van der Waals surface area contributed by atoms with E-state index in [1.165, 1.54) is 11.3 Å². The molecule has 0 amide bonds. The van der Waals surface area contributed by atoms with Crippen LogP contribution in [0, 0.1) is 0 Å². The molecule has 0 aromatic carbocycles. The van der Waals surface area contributed by atoms with E-state index < -0.39 is 0 Å². The zero-order valence-corrected chi connectivity index (χ0v) is 14.6. The van der Waals surface area contributed by atoms with Crippen molar-refractivity contribution in [1.82, 2.24) is 4.57 Å². The molecule has 1 unspecified atom stereocenters. The van der Waals surface area contributed by atoms with Crippen molar-refractivity contribution < 1.29 is 14.3 Å². The van der Waals surface area contributed by atoms with Crippen LogP contribution in [0.4, 0.5) is 0 Å². The number of aromatic nitrogens is 1. The summed E-state index contributed by atoms with van der Waals surface area (Å²) in [5.74, 6) is -0.553. The number of carbonyl (C=O) groups is 2. The monoisotopic (exact) mass is 351 g/mol. The maximum Gasteiger partial charge on any atom is 0.315 e. The van der Waals surface area contributed by atoms with Crippen molar-refractivity contribution in [3.8, 4) is 0 Å². The van der Waals surface area contributed by atoms with Gasteiger partial charge >= 0.3 is 5.97 Å². The van der Waals surface area contributed by atoms with Gasteiger partial charge in [-0.25, -0.2) is 0 Å². The second-order valence-electron chi connectivity index (χ2n) is 5.93. The lowest BCUT2D eigenvalue weighted by atomic mass is 9.96. The smallest absolute Gasteiger partial charge is 0.315 e. The van der Waals surface area contributed by atoms with Crippen LogP contribution in [0.1, 0.15) is 53.7 Å². The molecule has 6 heteroatoms. The lowest BCUT2D eigenvalue weighted by Gasteiger charge is -2.25. The highest BCUT2D eigenvalue weighted by Gasteiger charge is 2.31. The number of fused-ring (bicyclic) bond motifs is 1. The van der Waals surface area contributed by atoms with Gasteiger partial charge in [-0.05, 0) is 44.9 Å². The molecule has 0 N–H and O–H groups in total. The molecule has 1 atom stereocenters. The predicted octanol–water partition coefficient (Wildman–Crippen LogP) is 4.26. The van der Waals surface area contributed by atoms with Gasteiger partial charge in [0.05, 0.1) is 27.6 Å². The van der Waals surface area contributed by atoms with Crippen LogP contribution in [0.15, 0.2) is 23.6 Å². The van der Waals surface area contributed by atoms with E-state index in [1.54, 1.807) is 17.5 Å². The maximum absolute atomic E-state index is 12.7. The van der Waals surface area contributed by atoms with Crippen LogP contribution < -0.4 is 0 Å². The minimum Gasteiger partial charge on any atom is -0.462 e. The molecular weight excluding hydrogens is 334 g/mol. The molecule has 0 saturated heterocycles. The standard InChI is InChI=1S/C17H18ClNO3S/c1-10(2)22-17(21)12-4-3-7-19-13(12)5-6-14(19)16(20)15-8-11(18)9-23-15/h5-6,8-10,12H,3-4,7H2,1-2H3. The van der Waals surface area contributed by atoms with Crippen molar-refractivity contribution in [3.05, 3.63) is 44.9 Å². The molecule has 0 radical (unpaired) electrons. The second kappa shape index (κ2) is 6.49. The molecule has 0 aliphatic carbocycles. The number of hydrogen-bond acceptors (Lipinski definition) is 4. The number of nitrogens with zero attached hydrogens (tertiary/aromatic N) is 1. The third-order valence-electron chi connectivity index (χ3n) is 3.91. The molecule has 23 heavy (non-hydrogen) atoms. The summed E-state index contributed by atoms with van der Waals surface area (Å²) < 4.78 is 7.30. The largest absolute Gasteiger partial charge is 0.462 e. The molecule has 0 saturated carbocycles. The fourth-order valence-electron chi connectivity index (χ4n) is 2.95. The Labute approximate surface area is 144 Å². The third kappa shape index (κ3) is 3.21. The minimum absolute atomic E-state index is 0.0500. The fraction of sp³-hybridized carbons (Fsp3) is 0.412. The number of ether oxygens (including phenoxy) is 1. The van der Waals surface area contributed by atoms with Crippen molar-refractivity contribution >= 4 is 34.7 Å². The molecule has 0 fully saturated rings. The average Bonchev–Trinajstić information content (AvgIpc) is 3.11. The summed E-state index contributed by atoms with van der Waals surface area (Å²) >= 11 is 7.25. The Morgan fingerprint density at radius 3 is 2.83 bits per heavy atom. The summed E-state index contributed by atoms with van der Waals surface area (Å²) in [7, 11) is 0. The van der Waals surface area contributed by atoms with Gasteiger partial charge in [0.1, 0.15) is 0 Å². The van der Waals surface area contributed by atoms with E-state index in [0.717, 1.165) is 25.1 Å². The van der Waals surface area contributed by atoms with Crippen LogP contribution in [0.3, 0.4) is 0 Å². The van der Waals surface area contributed by atoms with E-state index in [4.69, 9.17) is 16.3 Å². The van der Waals surface area contributed by atoms with Crippen LogP contribution in [0.2, 0.25) is 5.02 Å². The number of esters is 1. The van der Waals surface area contributed by atoms with Crippen molar-refractivity contribution in [2.24, 2.45) is 0 Å². The van der Waals surface area contributed by atoms with E-state index in [9.17, 15) is 9.59 Å². The van der Waals surface area contributed by atoms with Crippen LogP contribution >= 0.6 is 22.9 Å². The summed E-state index contributed by atoms with van der Waals surface area (Å²) in [6.45, 7) is 4.43. The normalized spacial score (nSPS) is 17.1. The number of rotatable bonds is 4. The van der Waals surface area contributed by atoms with Crippen LogP contribution in [0.25, 0.3) is 0 Å². The predicted molar refractivity (Wildman–Crippen MR) is 90.4 cm³/mol. The first-order chi connectivity index (χ1) is 11.0. The van der Waals surface area contributed by atoms with Gasteiger partial charge in [-0.2, -0.15) is 0 Å². The fourth-order valence-corrected chi connectivity index (χ4v) is 3.97. The molecule has 3 heterocycles. The Bertz CT molecular complexity index is 747. The van der Waals surface area contributed by atoms with Gasteiger partial charge in [0, 0.05) is 17.6 Å². The lowest BCUT2D eigenvalue weighted by Crippen LogP contribution is -2.26. The van der Waals surface area contributed by atoms with Crippen molar-refractivity contribution in [3.63, 3.8) is 0 Å². The average molecular weight is 352 g/mol. The highest BCUT2D eigenvalue weighted by atomic mass is 35.5. The summed E-state index contributed by atoms with van der Waals surface area (Å²) in [6.07, 6.45) is 1.47. The Morgan fingerprint density at radius 2 is 2.17 bits per heavy atom. The van der Waals surface area contributed by atoms with Gasteiger partial charge in [-0.15, -0.1) is 11.3 Å². The second-order valence-corrected chi connectivity index (χ2v) is 7.28. The van der Waals surface area contributed by atoms with E-state index in [0.29, 0.717) is 15.6 Å². The highest BCUT2D eigenvalue weighted by Crippen LogP contribution is 2.32. The number of ketones is 1. The molecule has 1 aliphatic rings. The van der Waals surface area contributed by atoms with E-state index in [2.05, 4.69) is 0 Å². The third-order valence-corrected chi connectivity index (χ3v) is 5.18. The maximum atomic E-state index is 12.7. The van der Waals surface area contributed by atoms with Gasteiger partial charge < -0.3 is 9.30 Å². The zero-order valence-electron chi connectivity index (χ0n) is 13.0. The summed E-state index contributed by atoms with van der Waals surface area (Å²) in [5.41, 5.74) is 1.48. The number of hydrogen-bond donors (Lipinski definition) is 0. The summed E-state index contributed by atoms with van der Waals surface area (Å²) in [5, 5.41) is 2.32. The molecule has 1 aliphatic heterocycles. The Hall–Kier alpha value is -1.59. The van der Waals surface area contributed by atoms with Gasteiger partial charge in [-0.1, -0.05) is 11.6 Å². The summed E-state index contributed by atoms with van der Waals surface area (Å²) in [4.78, 5) is 25.6. The van der Waals surface area contributed by atoms with Gasteiger partial charge in [-0.3, -0.25) is 9.59 Å². The van der Waals surface area contributed by atoms with Crippen molar-refractivity contribution in [2.75, 3.05) is 0 Å². The first kappa shape index (κ1) is 16.3. The van der Waals surface area contributed by atoms with E-state index in [-0.39, 0.29) is 23.8 Å². The SMILES string of the molecule is CC(C)OC(=O)C1CCCn2c(C(=O)c3cc(Cl)cs3)ccc21. The first-order valence-corrected chi connectivity index (χ1v) is 8.91. The molecule has 3 rings (SSSR count).